The zero-order valence-electron chi connectivity index (χ0n) is 9.82. The van der Waals surface area contributed by atoms with E-state index in [-0.39, 0.29) is 0 Å². The van der Waals surface area contributed by atoms with Crippen LogP contribution in [0.2, 0.25) is 5.02 Å². The highest BCUT2D eigenvalue weighted by atomic mass is 35.5. The molecule has 1 aromatic carbocycles. The molecule has 0 spiro atoms. The molecule has 1 N–H and O–H groups in total. The molecule has 1 aromatic heterocycles. The quantitative estimate of drug-likeness (QED) is 0.850. The molecule has 0 aliphatic heterocycles. The number of rotatable bonds is 5. The summed E-state index contributed by atoms with van der Waals surface area (Å²) >= 11 is 7.94. The van der Waals surface area contributed by atoms with Crippen molar-refractivity contribution in [2.45, 2.75) is 19.4 Å². The summed E-state index contributed by atoms with van der Waals surface area (Å²) in [6, 6.07) is 10.6. The highest BCUT2D eigenvalue weighted by Gasteiger charge is 2.12. The Morgan fingerprint density at radius 3 is 2.76 bits per heavy atom. The summed E-state index contributed by atoms with van der Waals surface area (Å²) in [4.78, 5) is 0. The fourth-order valence-electron chi connectivity index (χ4n) is 1.91. The molecule has 0 saturated carbocycles. The molecule has 1 unspecified atom stereocenters. The molecule has 0 fully saturated rings. The molecule has 1 heterocycles. The van der Waals surface area contributed by atoms with Gasteiger partial charge in [-0.3, -0.25) is 0 Å². The van der Waals surface area contributed by atoms with Gasteiger partial charge in [0.1, 0.15) is 0 Å². The van der Waals surface area contributed by atoms with Crippen LogP contribution in [0.25, 0.3) is 0 Å². The van der Waals surface area contributed by atoms with Crippen LogP contribution < -0.4 is 5.32 Å². The lowest BCUT2D eigenvalue weighted by Crippen LogP contribution is -2.22. The highest BCUT2D eigenvalue weighted by Crippen LogP contribution is 2.24. The van der Waals surface area contributed by atoms with Gasteiger partial charge in [0.2, 0.25) is 0 Å². The number of thiophene rings is 1. The molecule has 1 atom stereocenters. The minimum atomic E-state index is 0.353. The van der Waals surface area contributed by atoms with Gasteiger partial charge in [-0.25, -0.2) is 0 Å². The van der Waals surface area contributed by atoms with Crippen LogP contribution >= 0.6 is 22.9 Å². The van der Waals surface area contributed by atoms with E-state index in [2.05, 4.69) is 35.1 Å². The van der Waals surface area contributed by atoms with E-state index in [4.69, 9.17) is 11.6 Å². The van der Waals surface area contributed by atoms with Gasteiger partial charge in [-0.05, 0) is 47.0 Å². The molecule has 90 valence electrons. The van der Waals surface area contributed by atoms with Crippen LogP contribution in [0.5, 0.6) is 0 Å². The van der Waals surface area contributed by atoms with Gasteiger partial charge in [0.15, 0.2) is 0 Å². The smallest absolute Gasteiger partial charge is 0.0438 e. The second-order valence-electron chi connectivity index (χ2n) is 3.96. The topological polar surface area (TPSA) is 12.0 Å². The molecular formula is C14H16ClNS. The average molecular weight is 266 g/mol. The first-order chi connectivity index (χ1) is 8.31. The van der Waals surface area contributed by atoms with E-state index in [1.165, 1.54) is 11.1 Å². The summed E-state index contributed by atoms with van der Waals surface area (Å²) in [6.45, 7) is 3.09. The van der Waals surface area contributed by atoms with Crippen molar-refractivity contribution in [1.29, 1.82) is 0 Å². The van der Waals surface area contributed by atoms with Crippen LogP contribution in [0.4, 0.5) is 0 Å². The van der Waals surface area contributed by atoms with Gasteiger partial charge >= 0.3 is 0 Å². The minimum Gasteiger partial charge on any atom is -0.310 e. The molecule has 1 nitrogen and oxygen atoms in total. The maximum absolute atomic E-state index is 6.20. The average Bonchev–Trinajstić information content (AvgIpc) is 2.85. The Morgan fingerprint density at radius 2 is 2.12 bits per heavy atom. The van der Waals surface area contributed by atoms with Crippen LogP contribution in [0.15, 0.2) is 41.1 Å². The van der Waals surface area contributed by atoms with Gasteiger partial charge in [0.05, 0.1) is 0 Å². The van der Waals surface area contributed by atoms with E-state index in [1.807, 2.05) is 18.2 Å². The molecule has 0 radical (unpaired) electrons. The third-order valence-electron chi connectivity index (χ3n) is 2.78. The number of nitrogens with one attached hydrogen (secondary N) is 1. The maximum Gasteiger partial charge on any atom is 0.0438 e. The van der Waals surface area contributed by atoms with Gasteiger partial charge in [-0.1, -0.05) is 36.7 Å². The fourth-order valence-corrected chi connectivity index (χ4v) is 2.84. The fraction of sp³-hybridized carbons (Fsp3) is 0.286. The molecule has 0 aliphatic carbocycles. The minimum absolute atomic E-state index is 0.353. The van der Waals surface area contributed by atoms with Crippen molar-refractivity contribution in [3.8, 4) is 0 Å². The highest BCUT2D eigenvalue weighted by molar-refractivity contribution is 7.07. The van der Waals surface area contributed by atoms with Crippen LogP contribution in [0.3, 0.4) is 0 Å². The Hall–Kier alpha value is -0.830. The molecule has 2 rings (SSSR count). The Labute approximate surface area is 111 Å². The summed E-state index contributed by atoms with van der Waals surface area (Å²) in [5.41, 5.74) is 2.54. The largest absolute Gasteiger partial charge is 0.310 e. The molecule has 0 aliphatic rings. The van der Waals surface area contributed by atoms with E-state index < -0.39 is 0 Å². The van der Waals surface area contributed by atoms with E-state index >= 15 is 0 Å². The van der Waals surface area contributed by atoms with Crippen molar-refractivity contribution in [2.24, 2.45) is 0 Å². The summed E-state index contributed by atoms with van der Waals surface area (Å²) < 4.78 is 0. The molecule has 0 amide bonds. The monoisotopic (exact) mass is 265 g/mol. The first-order valence-electron chi connectivity index (χ1n) is 5.80. The second-order valence-corrected chi connectivity index (χ2v) is 5.15. The summed E-state index contributed by atoms with van der Waals surface area (Å²) in [5, 5.41) is 8.68. The summed E-state index contributed by atoms with van der Waals surface area (Å²) in [5.74, 6) is 0. The van der Waals surface area contributed by atoms with Gasteiger partial charge in [-0.15, -0.1) is 0 Å². The Bertz CT molecular complexity index is 453. The van der Waals surface area contributed by atoms with E-state index in [0.717, 1.165) is 18.0 Å². The van der Waals surface area contributed by atoms with Crippen LogP contribution in [-0.2, 0) is 6.42 Å². The normalized spacial score (nSPS) is 12.6. The standard InChI is InChI=1S/C14H16ClNS/c1-2-16-14(12-7-8-17-10-12)9-11-5-3-4-6-13(11)15/h3-8,10,14,16H,2,9H2,1H3. The zero-order chi connectivity index (χ0) is 12.1. The number of halogens is 1. The van der Waals surface area contributed by atoms with E-state index in [9.17, 15) is 0 Å². The first kappa shape index (κ1) is 12.6. The number of likely N-dealkylation sites (N-methyl/N-ethyl adjacent to an activating group) is 1. The van der Waals surface area contributed by atoms with Gasteiger partial charge in [0.25, 0.3) is 0 Å². The van der Waals surface area contributed by atoms with Gasteiger partial charge in [-0.2, -0.15) is 11.3 Å². The molecular weight excluding hydrogens is 250 g/mol. The number of hydrogen-bond donors (Lipinski definition) is 1. The zero-order valence-corrected chi connectivity index (χ0v) is 11.4. The second kappa shape index (κ2) is 6.20. The number of benzene rings is 1. The molecule has 17 heavy (non-hydrogen) atoms. The summed E-state index contributed by atoms with van der Waals surface area (Å²) in [7, 11) is 0. The van der Waals surface area contributed by atoms with E-state index in [1.54, 1.807) is 11.3 Å². The predicted octanol–water partition coefficient (Wildman–Crippen LogP) is 4.29. The van der Waals surface area contributed by atoms with Crippen LogP contribution in [-0.4, -0.2) is 6.54 Å². The molecule has 3 heteroatoms. The van der Waals surface area contributed by atoms with Gasteiger partial charge < -0.3 is 5.32 Å². The lowest BCUT2D eigenvalue weighted by Gasteiger charge is -2.17. The van der Waals surface area contributed by atoms with Crippen molar-refractivity contribution in [1.82, 2.24) is 5.32 Å². The van der Waals surface area contributed by atoms with Gasteiger partial charge in [0, 0.05) is 11.1 Å². The lowest BCUT2D eigenvalue weighted by atomic mass is 10.0. The van der Waals surface area contributed by atoms with Crippen molar-refractivity contribution in [3.63, 3.8) is 0 Å². The van der Waals surface area contributed by atoms with Crippen molar-refractivity contribution in [2.75, 3.05) is 6.54 Å². The molecule has 2 aromatic rings. The third kappa shape index (κ3) is 3.32. The lowest BCUT2D eigenvalue weighted by molar-refractivity contribution is 0.551. The maximum atomic E-state index is 6.20. The van der Waals surface area contributed by atoms with Crippen molar-refractivity contribution >= 4 is 22.9 Å². The summed E-state index contributed by atoms with van der Waals surface area (Å²) in [6.07, 6.45) is 0.935. The molecule has 0 saturated heterocycles. The Balaban J connectivity index is 2.16. The first-order valence-corrected chi connectivity index (χ1v) is 7.12. The van der Waals surface area contributed by atoms with Crippen molar-refractivity contribution < 1.29 is 0 Å². The van der Waals surface area contributed by atoms with Crippen molar-refractivity contribution in [3.05, 3.63) is 57.2 Å². The van der Waals surface area contributed by atoms with E-state index in [0.29, 0.717) is 6.04 Å². The Morgan fingerprint density at radius 1 is 1.29 bits per heavy atom. The molecule has 0 bridgehead atoms. The Kier molecular flexibility index (Phi) is 4.60. The number of hydrogen-bond acceptors (Lipinski definition) is 2. The van der Waals surface area contributed by atoms with Crippen LogP contribution in [0, 0.1) is 0 Å². The third-order valence-corrected chi connectivity index (χ3v) is 3.85. The SMILES string of the molecule is CCNC(Cc1ccccc1Cl)c1ccsc1. The predicted molar refractivity (Wildman–Crippen MR) is 75.9 cm³/mol. The van der Waals surface area contributed by atoms with Crippen LogP contribution in [0.1, 0.15) is 24.1 Å².